The number of rotatable bonds is 7. The third-order valence-corrected chi connectivity index (χ3v) is 3.56. The minimum absolute atomic E-state index is 0.0547. The van der Waals surface area contributed by atoms with Crippen molar-refractivity contribution >= 4 is 17.9 Å². The van der Waals surface area contributed by atoms with Crippen LogP contribution in [0.25, 0.3) is 0 Å². The lowest BCUT2D eigenvalue weighted by Gasteiger charge is -2.12. The summed E-state index contributed by atoms with van der Waals surface area (Å²) in [6.07, 6.45) is 1.22. The van der Waals surface area contributed by atoms with Gasteiger partial charge in [-0.3, -0.25) is 4.79 Å². The van der Waals surface area contributed by atoms with E-state index in [0.29, 0.717) is 12.8 Å². The van der Waals surface area contributed by atoms with Gasteiger partial charge in [0.05, 0.1) is 12.5 Å². The van der Waals surface area contributed by atoms with Crippen LogP contribution < -0.4 is 4.57 Å². The normalized spacial score (nSPS) is 21.2. The molecule has 0 unspecified atom stereocenters. The van der Waals surface area contributed by atoms with Crippen molar-refractivity contribution in [2.24, 2.45) is 0 Å². The van der Waals surface area contributed by atoms with Crippen LogP contribution in [0.1, 0.15) is 35.8 Å². The number of carboxylic acids is 2. The molecule has 0 aliphatic carbocycles. The Balaban J connectivity index is 1.83. The number of hydrogen-bond donors (Lipinski definition) is 3. The van der Waals surface area contributed by atoms with Gasteiger partial charge in [-0.1, -0.05) is 0 Å². The highest BCUT2D eigenvalue weighted by Crippen LogP contribution is 2.24. The first-order valence-electron chi connectivity index (χ1n) is 7.33. The molecule has 1 fully saturated rings. The zero-order valence-corrected chi connectivity index (χ0v) is 12.7. The fraction of sp³-hybridized carbons (Fsp3) is 0.467. The van der Waals surface area contributed by atoms with Crippen LogP contribution in [0, 0.1) is 0 Å². The highest BCUT2D eigenvalue weighted by Gasteiger charge is 2.33. The van der Waals surface area contributed by atoms with Gasteiger partial charge in [-0.2, -0.15) is 4.57 Å². The second-order valence-electron chi connectivity index (χ2n) is 5.38. The summed E-state index contributed by atoms with van der Waals surface area (Å²) in [4.78, 5) is 32.8. The first-order valence-corrected chi connectivity index (χ1v) is 7.33. The van der Waals surface area contributed by atoms with E-state index in [1.54, 1.807) is 16.8 Å². The molecule has 1 aromatic heterocycles. The molecular formula is C15H18NO8+. The van der Waals surface area contributed by atoms with Crippen molar-refractivity contribution in [1.82, 2.24) is 0 Å². The van der Waals surface area contributed by atoms with Crippen LogP contribution in [-0.4, -0.2) is 52.0 Å². The van der Waals surface area contributed by atoms with Gasteiger partial charge in [0.25, 0.3) is 6.23 Å². The van der Waals surface area contributed by atoms with Gasteiger partial charge < -0.3 is 24.8 Å². The maximum Gasteiger partial charge on any atom is 0.341 e. The Morgan fingerprint density at radius 2 is 2.08 bits per heavy atom. The first-order chi connectivity index (χ1) is 11.4. The molecule has 2 heterocycles. The largest absolute Gasteiger partial charge is 0.479 e. The molecule has 0 bridgehead atoms. The number of aliphatic carboxylic acids is 1. The summed E-state index contributed by atoms with van der Waals surface area (Å²) in [5, 5.41) is 26.6. The van der Waals surface area contributed by atoms with Crippen LogP contribution in [0.2, 0.25) is 0 Å². The molecule has 24 heavy (non-hydrogen) atoms. The van der Waals surface area contributed by atoms with Crippen LogP contribution >= 0.6 is 0 Å². The number of carboxylic acid groups (broad SMARTS) is 2. The fourth-order valence-electron chi connectivity index (χ4n) is 2.32. The monoisotopic (exact) mass is 340 g/mol. The number of esters is 1. The second kappa shape index (κ2) is 7.84. The Morgan fingerprint density at radius 1 is 1.33 bits per heavy atom. The van der Waals surface area contributed by atoms with Gasteiger partial charge in [-0.25, -0.2) is 9.59 Å². The van der Waals surface area contributed by atoms with E-state index in [1.165, 1.54) is 12.3 Å². The summed E-state index contributed by atoms with van der Waals surface area (Å²) in [6, 6.07) is 3.08. The third kappa shape index (κ3) is 4.74. The molecule has 0 radical (unpaired) electrons. The molecule has 0 spiro atoms. The molecule has 9 heteroatoms. The van der Waals surface area contributed by atoms with Gasteiger partial charge in [0.2, 0.25) is 0 Å². The van der Waals surface area contributed by atoms with Crippen LogP contribution in [0.15, 0.2) is 24.5 Å². The number of hydrogen-bond acceptors (Lipinski definition) is 6. The van der Waals surface area contributed by atoms with E-state index < -0.39 is 30.4 Å². The van der Waals surface area contributed by atoms with Crippen molar-refractivity contribution in [3.63, 3.8) is 0 Å². The topological polar surface area (TPSA) is 134 Å². The average Bonchev–Trinajstić information content (AvgIpc) is 3.02. The number of pyridine rings is 1. The van der Waals surface area contributed by atoms with Gasteiger partial charge in [0.1, 0.15) is 12.2 Å². The van der Waals surface area contributed by atoms with Crippen molar-refractivity contribution in [3.8, 4) is 0 Å². The summed E-state index contributed by atoms with van der Waals surface area (Å²) in [6.45, 7) is -0.0547. The molecular weight excluding hydrogens is 322 g/mol. The highest BCUT2D eigenvalue weighted by atomic mass is 16.6. The summed E-state index contributed by atoms with van der Waals surface area (Å²) >= 11 is 0. The van der Waals surface area contributed by atoms with E-state index in [4.69, 9.17) is 24.8 Å². The lowest BCUT2D eigenvalue weighted by atomic mass is 10.2. The van der Waals surface area contributed by atoms with Gasteiger partial charge in [-0.15, -0.1) is 0 Å². The number of ether oxygens (including phenoxy) is 2. The first kappa shape index (κ1) is 17.8. The number of carbonyl (C=O) groups is 3. The Bertz CT molecular complexity index is 632. The fourth-order valence-corrected chi connectivity index (χ4v) is 2.32. The lowest BCUT2D eigenvalue weighted by molar-refractivity contribution is -0.759. The zero-order valence-electron chi connectivity index (χ0n) is 12.7. The summed E-state index contributed by atoms with van der Waals surface area (Å²) < 4.78 is 12.2. The standard InChI is InChI=1S/C15H17NO8/c17-11(15(21)22)6-13(18)23-8-10-3-4-12(24-10)16-5-1-2-9(7-16)14(19)20/h1-2,5,7,10-12,17H,3-4,6,8H2,(H-,19,20,21,22)/p+1/t10-,11-,12+/m0/s1. The van der Waals surface area contributed by atoms with Crippen molar-refractivity contribution in [2.75, 3.05) is 6.61 Å². The van der Waals surface area contributed by atoms with E-state index in [1.807, 2.05) is 0 Å². The number of aromatic carboxylic acids is 1. The third-order valence-electron chi connectivity index (χ3n) is 3.56. The van der Waals surface area contributed by atoms with Crippen LogP contribution in [-0.2, 0) is 19.1 Å². The summed E-state index contributed by atoms with van der Waals surface area (Å²) in [5.41, 5.74) is 0.138. The quantitative estimate of drug-likeness (QED) is 0.456. The molecule has 130 valence electrons. The average molecular weight is 340 g/mol. The maximum atomic E-state index is 11.4. The zero-order chi connectivity index (χ0) is 17.7. The molecule has 3 atom stereocenters. The van der Waals surface area contributed by atoms with Gasteiger partial charge in [0, 0.05) is 12.5 Å². The Morgan fingerprint density at radius 3 is 2.75 bits per heavy atom. The van der Waals surface area contributed by atoms with Crippen molar-refractivity contribution in [3.05, 3.63) is 30.1 Å². The predicted molar refractivity (Wildman–Crippen MR) is 76.0 cm³/mol. The molecule has 3 N–H and O–H groups in total. The van der Waals surface area contributed by atoms with Crippen LogP contribution in [0.4, 0.5) is 0 Å². The molecule has 1 aliphatic heterocycles. The SMILES string of the molecule is O=C(C[C@H](O)C(=O)O)OC[C@@H]1CC[C@H]([n+]2cccc(C(=O)O)c2)O1. The minimum Gasteiger partial charge on any atom is -0.479 e. The highest BCUT2D eigenvalue weighted by molar-refractivity contribution is 5.86. The van der Waals surface area contributed by atoms with Crippen molar-refractivity contribution in [2.45, 2.75) is 37.7 Å². The minimum atomic E-state index is -1.79. The smallest absolute Gasteiger partial charge is 0.341 e. The summed E-state index contributed by atoms with van der Waals surface area (Å²) in [7, 11) is 0. The number of carbonyl (C=O) groups excluding carboxylic acids is 1. The number of aliphatic hydroxyl groups is 1. The van der Waals surface area contributed by atoms with Crippen molar-refractivity contribution in [1.29, 1.82) is 0 Å². The molecule has 2 rings (SSSR count). The van der Waals surface area contributed by atoms with Crippen LogP contribution in [0.3, 0.4) is 0 Å². The second-order valence-corrected chi connectivity index (χ2v) is 5.38. The van der Waals surface area contributed by atoms with E-state index in [9.17, 15) is 14.4 Å². The maximum absolute atomic E-state index is 11.4. The molecule has 0 amide bonds. The molecule has 1 saturated heterocycles. The molecule has 0 aromatic carbocycles. The van der Waals surface area contributed by atoms with Gasteiger partial charge >= 0.3 is 17.9 Å². The molecule has 1 aliphatic rings. The van der Waals surface area contributed by atoms with E-state index >= 15 is 0 Å². The predicted octanol–water partition coefficient (Wildman–Crippen LogP) is -0.271. The van der Waals surface area contributed by atoms with E-state index in [0.717, 1.165) is 0 Å². The van der Waals surface area contributed by atoms with E-state index in [-0.39, 0.29) is 24.5 Å². The van der Waals surface area contributed by atoms with E-state index in [2.05, 4.69) is 0 Å². The Kier molecular flexibility index (Phi) is 5.83. The van der Waals surface area contributed by atoms with Gasteiger partial charge in [0.15, 0.2) is 18.5 Å². The number of aromatic nitrogens is 1. The van der Waals surface area contributed by atoms with Crippen LogP contribution in [0.5, 0.6) is 0 Å². The van der Waals surface area contributed by atoms with Gasteiger partial charge in [-0.05, 0) is 12.5 Å². The van der Waals surface area contributed by atoms with Crippen molar-refractivity contribution < 1.29 is 43.7 Å². The lowest BCUT2D eigenvalue weighted by Crippen LogP contribution is -2.40. The Labute approximate surface area is 137 Å². The Hall–Kier alpha value is -2.52. The molecule has 9 nitrogen and oxygen atoms in total. The molecule has 0 saturated carbocycles. The molecule has 1 aromatic rings. The number of nitrogens with zero attached hydrogens (tertiary/aromatic N) is 1. The number of aliphatic hydroxyl groups excluding tert-OH is 1. The summed E-state index contributed by atoms with van der Waals surface area (Å²) in [5.74, 6) is -3.35.